The number of carbonyl (C=O) groups excluding carboxylic acids is 1. The minimum absolute atomic E-state index is 0.0333. The summed E-state index contributed by atoms with van der Waals surface area (Å²) < 4.78 is 13.8. The van der Waals surface area contributed by atoms with Gasteiger partial charge >= 0.3 is 0 Å². The Morgan fingerprint density at radius 2 is 2.17 bits per heavy atom. The van der Waals surface area contributed by atoms with Crippen molar-refractivity contribution in [1.82, 2.24) is 4.90 Å². The zero-order chi connectivity index (χ0) is 16.9. The molecule has 24 heavy (non-hydrogen) atoms. The second-order valence-electron chi connectivity index (χ2n) is 5.99. The molecule has 1 atom stereocenters. The first-order chi connectivity index (χ1) is 11.7. The van der Waals surface area contributed by atoms with Gasteiger partial charge in [-0.3, -0.25) is 4.79 Å². The molecule has 5 heteroatoms. The Morgan fingerprint density at radius 1 is 1.33 bits per heavy atom. The van der Waals surface area contributed by atoms with E-state index in [-0.39, 0.29) is 24.2 Å². The third kappa shape index (κ3) is 3.91. The summed E-state index contributed by atoms with van der Waals surface area (Å²) in [5, 5.41) is 9.25. The number of halogens is 1. The van der Waals surface area contributed by atoms with E-state index in [4.69, 9.17) is 0 Å². The lowest BCUT2D eigenvalue weighted by Gasteiger charge is -2.31. The summed E-state index contributed by atoms with van der Waals surface area (Å²) in [4.78, 5) is 15.8. The van der Waals surface area contributed by atoms with Crippen molar-refractivity contribution < 1.29 is 14.3 Å². The summed E-state index contributed by atoms with van der Waals surface area (Å²) in [6.07, 6.45) is 5.25. The minimum Gasteiger partial charge on any atom is -0.396 e. The minimum atomic E-state index is -0.241. The van der Waals surface area contributed by atoms with Crippen molar-refractivity contribution in [3.05, 3.63) is 53.2 Å². The molecular weight excluding hydrogens is 325 g/mol. The van der Waals surface area contributed by atoms with Crippen molar-refractivity contribution in [1.29, 1.82) is 0 Å². The molecule has 1 aliphatic heterocycles. The highest BCUT2D eigenvalue weighted by Gasteiger charge is 2.21. The fourth-order valence-electron chi connectivity index (χ4n) is 2.92. The normalized spacial score (nSPS) is 18.2. The number of amides is 1. The number of nitrogens with zero attached hydrogens (tertiary/aromatic N) is 1. The van der Waals surface area contributed by atoms with E-state index in [0.717, 1.165) is 29.1 Å². The molecule has 126 valence electrons. The van der Waals surface area contributed by atoms with Gasteiger partial charge in [-0.05, 0) is 43.0 Å². The maximum Gasteiger partial charge on any atom is 0.246 e. The van der Waals surface area contributed by atoms with Gasteiger partial charge in [-0.25, -0.2) is 4.39 Å². The average molecular weight is 345 g/mol. The van der Waals surface area contributed by atoms with Gasteiger partial charge in [0.1, 0.15) is 5.82 Å². The molecule has 2 heterocycles. The molecule has 1 fully saturated rings. The molecule has 1 aliphatic rings. The molecule has 1 amide bonds. The topological polar surface area (TPSA) is 40.5 Å². The number of benzene rings is 1. The molecule has 0 radical (unpaired) electrons. The molecule has 1 N–H and O–H groups in total. The van der Waals surface area contributed by atoms with Crippen LogP contribution in [0.3, 0.4) is 0 Å². The second kappa shape index (κ2) is 7.73. The standard InChI is InChI=1S/C19H20FNO2S/c20-17-6-2-1-5-16(17)18-9-7-15(24-18)8-10-19(23)21-11-3-4-14(12-21)13-22/h1-2,5-10,14,22H,3-4,11-13H2/b10-8+. The zero-order valence-electron chi connectivity index (χ0n) is 13.3. The van der Waals surface area contributed by atoms with E-state index >= 15 is 0 Å². The Hall–Kier alpha value is -1.98. The van der Waals surface area contributed by atoms with Gasteiger partial charge in [0.25, 0.3) is 0 Å². The summed E-state index contributed by atoms with van der Waals surface area (Å²) >= 11 is 1.46. The first kappa shape index (κ1) is 16.9. The fraction of sp³-hybridized carbons (Fsp3) is 0.316. The van der Waals surface area contributed by atoms with Crippen LogP contribution in [0.25, 0.3) is 16.5 Å². The summed E-state index contributed by atoms with van der Waals surface area (Å²) in [5.74, 6) is -0.0891. The van der Waals surface area contributed by atoms with E-state index in [1.807, 2.05) is 18.2 Å². The van der Waals surface area contributed by atoms with Crippen molar-refractivity contribution in [2.75, 3.05) is 19.7 Å². The van der Waals surface area contributed by atoms with Crippen molar-refractivity contribution in [2.45, 2.75) is 12.8 Å². The number of thiophene rings is 1. The van der Waals surface area contributed by atoms with Gasteiger partial charge in [0.15, 0.2) is 0 Å². The summed E-state index contributed by atoms with van der Waals surface area (Å²) in [6.45, 7) is 1.49. The number of aliphatic hydroxyl groups is 1. The van der Waals surface area contributed by atoms with Crippen LogP contribution in [-0.2, 0) is 4.79 Å². The monoisotopic (exact) mass is 345 g/mol. The lowest BCUT2D eigenvalue weighted by atomic mass is 9.99. The van der Waals surface area contributed by atoms with Gasteiger partial charge < -0.3 is 10.0 Å². The fourth-order valence-corrected chi connectivity index (χ4v) is 3.86. The molecule has 1 aromatic heterocycles. The van der Waals surface area contributed by atoms with Gasteiger partial charge in [0.2, 0.25) is 5.91 Å². The maximum absolute atomic E-state index is 13.8. The van der Waals surface area contributed by atoms with Crippen molar-refractivity contribution in [3.63, 3.8) is 0 Å². The number of piperidine rings is 1. The third-order valence-corrected chi connectivity index (χ3v) is 5.33. The van der Waals surface area contributed by atoms with Crippen LogP contribution in [-0.4, -0.2) is 35.6 Å². The molecular formula is C19H20FNO2S. The van der Waals surface area contributed by atoms with E-state index in [9.17, 15) is 14.3 Å². The van der Waals surface area contributed by atoms with Gasteiger partial charge in [-0.1, -0.05) is 18.2 Å². The first-order valence-corrected chi connectivity index (χ1v) is 8.91. The van der Waals surface area contributed by atoms with E-state index in [1.54, 1.807) is 29.2 Å². The van der Waals surface area contributed by atoms with Gasteiger partial charge in [-0.2, -0.15) is 0 Å². The quantitative estimate of drug-likeness (QED) is 0.857. The number of carbonyl (C=O) groups is 1. The Labute approximate surface area is 145 Å². The number of likely N-dealkylation sites (tertiary alicyclic amines) is 1. The summed E-state index contributed by atoms with van der Waals surface area (Å²) in [6, 6.07) is 10.4. The van der Waals surface area contributed by atoms with Crippen LogP contribution in [0.4, 0.5) is 4.39 Å². The lowest BCUT2D eigenvalue weighted by molar-refractivity contribution is -0.127. The molecule has 0 bridgehead atoms. The van der Waals surface area contributed by atoms with Gasteiger partial charge in [0, 0.05) is 41.1 Å². The zero-order valence-corrected chi connectivity index (χ0v) is 14.1. The Bertz CT molecular complexity index is 740. The van der Waals surface area contributed by atoms with Crippen LogP contribution in [0.5, 0.6) is 0 Å². The molecule has 2 aromatic rings. The average Bonchev–Trinajstić information content (AvgIpc) is 3.09. The van der Waals surface area contributed by atoms with E-state index in [2.05, 4.69) is 0 Å². The number of rotatable bonds is 4. The van der Waals surface area contributed by atoms with Crippen LogP contribution in [0.15, 0.2) is 42.5 Å². The molecule has 0 saturated carbocycles. The Kier molecular flexibility index (Phi) is 5.43. The van der Waals surface area contributed by atoms with Crippen molar-refractivity contribution >= 4 is 23.3 Å². The predicted octanol–water partition coefficient (Wildman–Crippen LogP) is 3.80. The Morgan fingerprint density at radius 3 is 2.96 bits per heavy atom. The van der Waals surface area contributed by atoms with Crippen LogP contribution in [0.1, 0.15) is 17.7 Å². The molecule has 1 aromatic carbocycles. The molecule has 0 aliphatic carbocycles. The number of hydrogen-bond acceptors (Lipinski definition) is 3. The van der Waals surface area contributed by atoms with E-state index in [0.29, 0.717) is 12.1 Å². The number of aliphatic hydroxyl groups excluding tert-OH is 1. The highest BCUT2D eigenvalue weighted by Crippen LogP contribution is 2.30. The highest BCUT2D eigenvalue weighted by molar-refractivity contribution is 7.16. The van der Waals surface area contributed by atoms with Crippen LogP contribution < -0.4 is 0 Å². The SMILES string of the molecule is O=C(/C=C/c1ccc(-c2ccccc2F)s1)N1CCCC(CO)C1. The van der Waals surface area contributed by atoms with Crippen LogP contribution >= 0.6 is 11.3 Å². The lowest BCUT2D eigenvalue weighted by Crippen LogP contribution is -2.40. The van der Waals surface area contributed by atoms with Gasteiger partial charge in [-0.15, -0.1) is 11.3 Å². The largest absolute Gasteiger partial charge is 0.396 e. The van der Waals surface area contributed by atoms with Crippen LogP contribution in [0, 0.1) is 11.7 Å². The second-order valence-corrected chi connectivity index (χ2v) is 7.11. The Balaban J connectivity index is 1.67. The smallest absolute Gasteiger partial charge is 0.246 e. The molecule has 1 saturated heterocycles. The third-order valence-electron chi connectivity index (χ3n) is 4.25. The van der Waals surface area contributed by atoms with Crippen molar-refractivity contribution in [3.8, 4) is 10.4 Å². The molecule has 3 nitrogen and oxygen atoms in total. The van der Waals surface area contributed by atoms with Gasteiger partial charge in [0.05, 0.1) is 0 Å². The molecule has 0 spiro atoms. The molecule has 1 unspecified atom stereocenters. The highest BCUT2D eigenvalue weighted by atomic mass is 32.1. The number of hydrogen-bond donors (Lipinski definition) is 1. The van der Waals surface area contributed by atoms with E-state index in [1.165, 1.54) is 17.4 Å². The maximum atomic E-state index is 13.8. The predicted molar refractivity (Wildman–Crippen MR) is 95.1 cm³/mol. The summed E-state index contributed by atoms with van der Waals surface area (Å²) in [5.41, 5.74) is 0.579. The first-order valence-electron chi connectivity index (χ1n) is 8.10. The molecule has 3 rings (SSSR count). The van der Waals surface area contributed by atoms with Crippen LogP contribution in [0.2, 0.25) is 0 Å². The van der Waals surface area contributed by atoms with E-state index < -0.39 is 0 Å². The van der Waals surface area contributed by atoms with Crippen molar-refractivity contribution in [2.24, 2.45) is 5.92 Å². The summed E-state index contributed by atoms with van der Waals surface area (Å²) in [7, 11) is 0.